The molecule has 1 aromatic heterocycles. The number of nitrogens with zero attached hydrogens (tertiary/aromatic N) is 1. The van der Waals surface area contributed by atoms with E-state index < -0.39 is 0 Å². The SMILES string of the molecule is c1ccc(CN(Cc2ccccc2)Cc2ccc[nH]2)cc1. The summed E-state index contributed by atoms with van der Waals surface area (Å²) in [6.45, 7) is 2.83. The molecule has 0 bridgehead atoms. The van der Waals surface area contributed by atoms with E-state index in [0.717, 1.165) is 19.6 Å². The Bertz CT molecular complexity index is 588. The van der Waals surface area contributed by atoms with Gasteiger partial charge in [0.05, 0.1) is 0 Å². The minimum Gasteiger partial charge on any atom is -0.364 e. The molecule has 0 spiro atoms. The minimum absolute atomic E-state index is 0.927. The highest BCUT2D eigenvalue weighted by Gasteiger charge is 2.08. The first-order valence-corrected chi connectivity index (χ1v) is 7.32. The van der Waals surface area contributed by atoms with Gasteiger partial charge in [-0.05, 0) is 23.3 Å². The lowest BCUT2D eigenvalue weighted by Gasteiger charge is -2.22. The molecule has 0 aliphatic rings. The number of H-pyrrole nitrogens is 1. The maximum atomic E-state index is 3.30. The molecule has 0 saturated carbocycles. The first-order chi connectivity index (χ1) is 10.4. The van der Waals surface area contributed by atoms with E-state index in [1.165, 1.54) is 16.8 Å². The predicted molar refractivity (Wildman–Crippen MR) is 86.6 cm³/mol. The highest BCUT2D eigenvalue weighted by atomic mass is 15.1. The van der Waals surface area contributed by atoms with Gasteiger partial charge in [0.1, 0.15) is 0 Å². The van der Waals surface area contributed by atoms with Crippen molar-refractivity contribution in [2.75, 3.05) is 0 Å². The number of hydrogen-bond acceptors (Lipinski definition) is 1. The summed E-state index contributed by atoms with van der Waals surface area (Å²) >= 11 is 0. The fraction of sp³-hybridized carbons (Fsp3) is 0.158. The van der Waals surface area contributed by atoms with Crippen LogP contribution in [0.15, 0.2) is 79.0 Å². The molecule has 1 heterocycles. The van der Waals surface area contributed by atoms with Crippen molar-refractivity contribution in [3.05, 3.63) is 95.8 Å². The van der Waals surface area contributed by atoms with Crippen molar-refractivity contribution in [3.63, 3.8) is 0 Å². The van der Waals surface area contributed by atoms with Crippen LogP contribution >= 0.6 is 0 Å². The molecule has 2 nitrogen and oxygen atoms in total. The van der Waals surface area contributed by atoms with Crippen LogP contribution in [-0.2, 0) is 19.6 Å². The fourth-order valence-electron chi connectivity index (χ4n) is 2.56. The van der Waals surface area contributed by atoms with E-state index >= 15 is 0 Å². The number of nitrogens with one attached hydrogen (secondary N) is 1. The topological polar surface area (TPSA) is 19.0 Å². The Morgan fingerprint density at radius 2 is 1.19 bits per heavy atom. The molecule has 0 amide bonds. The van der Waals surface area contributed by atoms with Gasteiger partial charge in [-0.15, -0.1) is 0 Å². The largest absolute Gasteiger partial charge is 0.364 e. The van der Waals surface area contributed by atoms with Gasteiger partial charge in [-0.2, -0.15) is 0 Å². The molecule has 1 N–H and O–H groups in total. The van der Waals surface area contributed by atoms with Crippen LogP contribution in [-0.4, -0.2) is 9.88 Å². The molecule has 2 aromatic carbocycles. The molecule has 0 aliphatic carbocycles. The maximum absolute atomic E-state index is 3.30. The Morgan fingerprint density at radius 1 is 0.619 bits per heavy atom. The van der Waals surface area contributed by atoms with Crippen LogP contribution in [0.25, 0.3) is 0 Å². The van der Waals surface area contributed by atoms with Crippen molar-refractivity contribution in [1.29, 1.82) is 0 Å². The summed E-state index contributed by atoms with van der Waals surface area (Å²) in [4.78, 5) is 5.75. The lowest BCUT2D eigenvalue weighted by Crippen LogP contribution is -2.22. The standard InChI is InChI=1S/C19H20N2/c1-3-8-17(9-4-1)14-21(16-19-12-7-13-20-19)15-18-10-5-2-6-11-18/h1-13,20H,14-16H2. The molecular weight excluding hydrogens is 256 g/mol. The molecule has 0 atom stereocenters. The van der Waals surface area contributed by atoms with Crippen molar-refractivity contribution in [2.45, 2.75) is 19.6 Å². The van der Waals surface area contributed by atoms with E-state index in [2.05, 4.69) is 82.7 Å². The van der Waals surface area contributed by atoms with Crippen LogP contribution in [0.5, 0.6) is 0 Å². The van der Waals surface area contributed by atoms with Gasteiger partial charge in [0.25, 0.3) is 0 Å². The average molecular weight is 276 g/mol. The lowest BCUT2D eigenvalue weighted by atomic mass is 10.1. The Balaban J connectivity index is 1.74. The molecule has 3 rings (SSSR count). The monoisotopic (exact) mass is 276 g/mol. The molecule has 0 aliphatic heterocycles. The number of hydrogen-bond donors (Lipinski definition) is 1. The van der Waals surface area contributed by atoms with Gasteiger partial charge >= 0.3 is 0 Å². The van der Waals surface area contributed by atoms with Crippen LogP contribution in [0.4, 0.5) is 0 Å². The minimum atomic E-state index is 0.927. The zero-order chi connectivity index (χ0) is 14.3. The van der Waals surface area contributed by atoms with Crippen molar-refractivity contribution in [3.8, 4) is 0 Å². The highest BCUT2D eigenvalue weighted by molar-refractivity contribution is 5.17. The van der Waals surface area contributed by atoms with Crippen LogP contribution in [0, 0.1) is 0 Å². The van der Waals surface area contributed by atoms with Gasteiger partial charge in [0.15, 0.2) is 0 Å². The first kappa shape index (κ1) is 13.7. The summed E-state index contributed by atoms with van der Waals surface area (Å²) in [6, 6.07) is 25.5. The van der Waals surface area contributed by atoms with E-state index in [4.69, 9.17) is 0 Å². The Morgan fingerprint density at radius 3 is 1.67 bits per heavy atom. The van der Waals surface area contributed by atoms with Crippen LogP contribution in [0.1, 0.15) is 16.8 Å². The second-order valence-electron chi connectivity index (χ2n) is 5.31. The van der Waals surface area contributed by atoms with E-state index in [1.807, 2.05) is 6.20 Å². The van der Waals surface area contributed by atoms with E-state index in [1.54, 1.807) is 0 Å². The van der Waals surface area contributed by atoms with Gasteiger partial charge in [-0.3, -0.25) is 4.90 Å². The maximum Gasteiger partial charge on any atom is 0.0392 e. The second kappa shape index (κ2) is 6.91. The third kappa shape index (κ3) is 4.07. The quantitative estimate of drug-likeness (QED) is 0.714. The van der Waals surface area contributed by atoms with Gasteiger partial charge in [-0.1, -0.05) is 60.7 Å². The summed E-state index contributed by atoms with van der Waals surface area (Å²) in [5, 5.41) is 0. The second-order valence-corrected chi connectivity index (χ2v) is 5.31. The number of aromatic nitrogens is 1. The smallest absolute Gasteiger partial charge is 0.0392 e. The summed E-state index contributed by atoms with van der Waals surface area (Å²) in [5.41, 5.74) is 3.95. The van der Waals surface area contributed by atoms with Crippen molar-refractivity contribution in [1.82, 2.24) is 9.88 Å². The van der Waals surface area contributed by atoms with E-state index in [9.17, 15) is 0 Å². The molecule has 106 valence electrons. The summed E-state index contributed by atoms with van der Waals surface area (Å²) in [6.07, 6.45) is 1.98. The number of benzene rings is 2. The lowest BCUT2D eigenvalue weighted by molar-refractivity contribution is 0.245. The van der Waals surface area contributed by atoms with Gasteiger partial charge in [0, 0.05) is 31.5 Å². The summed E-state index contributed by atoms with van der Waals surface area (Å²) in [5.74, 6) is 0. The fourth-order valence-corrected chi connectivity index (χ4v) is 2.56. The van der Waals surface area contributed by atoms with Crippen molar-refractivity contribution in [2.24, 2.45) is 0 Å². The molecule has 3 aromatic rings. The molecule has 0 radical (unpaired) electrons. The normalized spacial score (nSPS) is 10.9. The van der Waals surface area contributed by atoms with Crippen molar-refractivity contribution < 1.29 is 0 Å². The highest BCUT2D eigenvalue weighted by Crippen LogP contribution is 2.13. The Kier molecular flexibility index (Phi) is 4.49. The molecule has 0 saturated heterocycles. The molecule has 2 heteroatoms. The molecule has 0 unspecified atom stereocenters. The van der Waals surface area contributed by atoms with Gasteiger partial charge in [-0.25, -0.2) is 0 Å². The molecule has 21 heavy (non-hydrogen) atoms. The third-order valence-electron chi connectivity index (χ3n) is 3.55. The van der Waals surface area contributed by atoms with E-state index in [-0.39, 0.29) is 0 Å². The Labute approximate surface area is 126 Å². The zero-order valence-electron chi connectivity index (χ0n) is 12.1. The van der Waals surface area contributed by atoms with Crippen LogP contribution in [0.2, 0.25) is 0 Å². The zero-order valence-corrected chi connectivity index (χ0v) is 12.1. The molecular formula is C19H20N2. The van der Waals surface area contributed by atoms with Crippen molar-refractivity contribution >= 4 is 0 Å². The van der Waals surface area contributed by atoms with Crippen LogP contribution < -0.4 is 0 Å². The molecule has 0 fully saturated rings. The Hall–Kier alpha value is -2.32. The first-order valence-electron chi connectivity index (χ1n) is 7.32. The van der Waals surface area contributed by atoms with Crippen LogP contribution in [0.3, 0.4) is 0 Å². The third-order valence-corrected chi connectivity index (χ3v) is 3.55. The van der Waals surface area contributed by atoms with E-state index in [0.29, 0.717) is 0 Å². The summed E-state index contributed by atoms with van der Waals surface area (Å²) < 4.78 is 0. The average Bonchev–Trinajstić information content (AvgIpc) is 3.02. The predicted octanol–water partition coefficient (Wildman–Crippen LogP) is 4.22. The number of aromatic amines is 1. The number of rotatable bonds is 6. The summed E-state index contributed by atoms with van der Waals surface area (Å²) in [7, 11) is 0. The van der Waals surface area contributed by atoms with Gasteiger partial charge < -0.3 is 4.98 Å². The van der Waals surface area contributed by atoms with Gasteiger partial charge in [0.2, 0.25) is 0 Å².